The normalized spacial score (nSPS) is 20.8. The second-order valence-electron chi connectivity index (χ2n) is 6.12. The van der Waals surface area contributed by atoms with E-state index in [0.717, 1.165) is 55.9 Å². The molecule has 2 saturated heterocycles. The molecule has 2 heterocycles. The van der Waals surface area contributed by atoms with Crippen LogP contribution in [-0.2, 0) is 9.53 Å². The molecule has 2 aliphatic rings. The van der Waals surface area contributed by atoms with Crippen molar-refractivity contribution in [3.63, 3.8) is 0 Å². The molecule has 0 aliphatic carbocycles. The van der Waals surface area contributed by atoms with Crippen LogP contribution in [0.2, 0.25) is 0 Å². The lowest BCUT2D eigenvalue weighted by Crippen LogP contribution is -2.34. The van der Waals surface area contributed by atoms with Gasteiger partial charge in [0.05, 0.1) is 6.10 Å². The van der Waals surface area contributed by atoms with E-state index in [2.05, 4.69) is 10.6 Å². The SMILES string of the molecule is Cc1cc(NC(=S)NC[C@@H]2CCCO2)ccc1N1CCCC1=O. The Bertz CT molecular complexity index is 600. The second-order valence-corrected chi connectivity index (χ2v) is 6.53. The number of ether oxygens (including phenoxy) is 1. The van der Waals surface area contributed by atoms with Gasteiger partial charge >= 0.3 is 0 Å². The van der Waals surface area contributed by atoms with Crippen molar-refractivity contribution in [1.29, 1.82) is 0 Å². The largest absolute Gasteiger partial charge is 0.376 e. The van der Waals surface area contributed by atoms with Crippen molar-refractivity contribution < 1.29 is 9.53 Å². The molecule has 0 unspecified atom stereocenters. The van der Waals surface area contributed by atoms with Crippen molar-refractivity contribution in [1.82, 2.24) is 5.32 Å². The van der Waals surface area contributed by atoms with E-state index in [-0.39, 0.29) is 12.0 Å². The Morgan fingerprint density at radius 3 is 2.96 bits per heavy atom. The summed E-state index contributed by atoms with van der Waals surface area (Å²) in [4.78, 5) is 13.7. The van der Waals surface area contributed by atoms with E-state index in [4.69, 9.17) is 17.0 Å². The number of nitrogens with one attached hydrogen (secondary N) is 2. The van der Waals surface area contributed by atoms with Gasteiger partial charge in [-0.05, 0) is 62.2 Å². The lowest BCUT2D eigenvalue weighted by molar-refractivity contribution is -0.117. The fourth-order valence-electron chi connectivity index (χ4n) is 3.13. The lowest BCUT2D eigenvalue weighted by Gasteiger charge is -2.20. The zero-order chi connectivity index (χ0) is 16.2. The summed E-state index contributed by atoms with van der Waals surface area (Å²) in [5, 5.41) is 7.00. The maximum atomic E-state index is 11.9. The molecule has 0 aromatic heterocycles. The van der Waals surface area contributed by atoms with E-state index in [9.17, 15) is 4.79 Å². The van der Waals surface area contributed by atoms with Gasteiger partial charge in [-0.15, -0.1) is 0 Å². The smallest absolute Gasteiger partial charge is 0.227 e. The van der Waals surface area contributed by atoms with Crippen LogP contribution in [0.4, 0.5) is 11.4 Å². The van der Waals surface area contributed by atoms with Crippen LogP contribution in [0.25, 0.3) is 0 Å². The average Bonchev–Trinajstić information content (AvgIpc) is 3.17. The van der Waals surface area contributed by atoms with E-state index in [1.165, 1.54) is 0 Å². The summed E-state index contributed by atoms with van der Waals surface area (Å²) in [5.41, 5.74) is 3.01. The van der Waals surface area contributed by atoms with Gasteiger partial charge in [0.1, 0.15) is 0 Å². The fourth-order valence-corrected chi connectivity index (χ4v) is 3.33. The van der Waals surface area contributed by atoms with Gasteiger partial charge in [0.25, 0.3) is 0 Å². The van der Waals surface area contributed by atoms with Gasteiger partial charge in [-0.3, -0.25) is 4.79 Å². The topological polar surface area (TPSA) is 53.6 Å². The lowest BCUT2D eigenvalue weighted by atomic mass is 10.1. The second kappa shape index (κ2) is 7.27. The van der Waals surface area contributed by atoms with Crippen LogP contribution in [0, 0.1) is 6.92 Å². The summed E-state index contributed by atoms with van der Waals surface area (Å²) in [6.07, 6.45) is 4.07. The molecule has 5 nitrogen and oxygen atoms in total. The first kappa shape index (κ1) is 16.2. The number of amides is 1. The first-order valence-corrected chi connectivity index (χ1v) is 8.62. The van der Waals surface area contributed by atoms with Gasteiger partial charge in [-0.1, -0.05) is 0 Å². The molecule has 0 radical (unpaired) electrons. The summed E-state index contributed by atoms with van der Waals surface area (Å²) < 4.78 is 5.57. The molecule has 1 atom stereocenters. The van der Waals surface area contributed by atoms with E-state index in [0.29, 0.717) is 11.5 Å². The Balaban J connectivity index is 1.56. The molecule has 6 heteroatoms. The third-order valence-corrected chi connectivity index (χ3v) is 4.58. The van der Waals surface area contributed by atoms with Crippen LogP contribution in [0.15, 0.2) is 18.2 Å². The minimum Gasteiger partial charge on any atom is -0.376 e. The van der Waals surface area contributed by atoms with Gasteiger partial charge in [-0.25, -0.2) is 0 Å². The molecular weight excluding hydrogens is 310 g/mol. The average molecular weight is 333 g/mol. The van der Waals surface area contributed by atoms with E-state index < -0.39 is 0 Å². The number of thiocarbonyl (C=S) groups is 1. The Labute approximate surface area is 142 Å². The molecule has 1 aromatic carbocycles. The summed E-state index contributed by atoms with van der Waals surface area (Å²) in [6, 6.07) is 5.98. The van der Waals surface area contributed by atoms with Crippen molar-refractivity contribution in [2.24, 2.45) is 0 Å². The number of benzene rings is 1. The number of carbonyl (C=O) groups excluding carboxylic acids is 1. The number of carbonyl (C=O) groups is 1. The third-order valence-electron chi connectivity index (χ3n) is 4.33. The highest BCUT2D eigenvalue weighted by atomic mass is 32.1. The quantitative estimate of drug-likeness (QED) is 0.830. The third kappa shape index (κ3) is 4.00. The van der Waals surface area contributed by atoms with Crippen molar-refractivity contribution in [2.75, 3.05) is 29.9 Å². The van der Waals surface area contributed by atoms with E-state index in [1.807, 2.05) is 30.0 Å². The summed E-state index contributed by atoms with van der Waals surface area (Å²) in [5.74, 6) is 0.211. The van der Waals surface area contributed by atoms with Gasteiger partial charge in [0, 0.05) is 37.5 Å². The molecule has 23 heavy (non-hydrogen) atoms. The van der Waals surface area contributed by atoms with E-state index in [1.54, 1.807) is 0 Å². The number of aryl methyl sites for hydroxylation is 1. The number of nitrogens with zero attached hydrogens (tertiary/aromatic N) is 1. The molecule has 2 N–H and O–H groups in total. The van der Waals surface area contributed by atoms with Gasteiger partial charge in [-0.2, -0.15) is 0 Å². The Morgan fingerprint density at radius 1 is 1.43 bits per heavy atom. The molecule has 0 saturated carbocycles. The van der Waals surface area contributed by atoms with Crippen LogP contribution >= 0.6 is 12.2 Å². The summed E-state index contributed by atoms with van der Waals surface area (Å²) >= 11 is 5.33. The minimum absolute atomic E-state index is 0.211. The minimum atomic E-state index is 0.211. The summed E-state index contributed by atoms with van der Waals surface area (Å²) in [7, 11) is 0. The number of hydrogen-bond donors (Lipinski definition) is 2. The monoisotopic (exact) mass is 333 g/mol. The van der Waals surface area contributed by atoms with E-state index >= 15 is 0 Å². The van der Waals surface area contributed by atoms with Crippen molar-refractivity contribution in [2.45, 2.75) is 38.7 Å². The molecule has 1 amide bonds. The Hall–Kier alpha value is -1.66. The maximum Gasteiger partial charge on any atom is 0.227 e. The van der Waals surface area contributed by atoms with Gasteiger partial charge in [0.15, 0.2) is 5.11 Å². The molecule has 3 rings (SSSR count). The van der Waals surface area contributed by atoms with Gasteiger partial charge < -0.3 is 20.3 Å². The van der Waals surface area contributed by atoms with Crippen molar-refractivity contribution >= 4 is 34.6 Å². The first-order chi connectivity index (χ1) is 11.1. The number of hydrogen-bond acceptors (Lipinski definition) is 3. The summed E-state index contributed by atoms with van der Waals surface area (Å²) in [6.45, 7) is 4.43. The fraction of sp³-hybridized carbons (Fsp3) is 0.529. The highest BCUT2D eigenvalue weighted by Crippen LogP contribution is 2.27. The molecular formula is C17H23N3O2S. The zero-order valence-electron chi connectivity index (χ0n) is 13.4. The molecule has 2 aliphatic heterocycles. The molecule has 0 spiro atoms. The zero-order valence-corrected chi connectivity index (χ0v) is 14.2. The van der Waals surface area contributed by atoms with Crippen LogP contribution in [0.3, 0.4) is 0 Å². The standard InChI is InChI=1S/C17H23N3O2S/c1-12-10-13(6-7-15(12)20-8-2-5-16(20)21)19-17(23)18-11-14-4-3-9-22-14/h6-7,10,14H,2-5,8-9,11H2,1H3,(H2,18,19,23)/t14-/m0/s1. The van der Waals surface area contributed by atoms with Crippen LogP contribution in [0.1, 0.15) is 31.2 Å². The van der Waals surface area contributed by atoms with Crippen LogP contribution < -0.4 is 15.5 Å². The van der Waals surface area contributed by atoms with Crippen LogP contribution in [0.5, 0.6) is 0 Å². The molecule has 0 bridgehead atoms. The number of anilines is 2. The van der Waals surface area contributed by atoms with Crippen LogP contribution in [-0.4, -0.2) is 36.8 Å². The number of rotatable bonds is 4. The first-order valence-electron chi connectivity index (χ1n) is 8.21. The van der Waals surface area contributed by atoms with Crippen molar-refractivity contribution in [3.05, 3.63) is 23.8 Å². The predicted octanol–water partition coefficient (Wildman–Crippen LogP) is 2.59. The van der Waals surface area contributed by atoms with Gasteiger partial charge in [0.2, 0.25) is 5.91 Å². The molecule has 2 fully saturated rings. The molecule has 1 aromatic rings. The Kier molecular flexibility index (Phi) is 5.13. The highest BCUT2D eigenvalue weighted by Gasteiger charge is 2.23. The predicted molar refractivity (Wildman–Crippen MR) is 96.0 cm³/mol. The molecule has 124 valence electrons. The Morgan fingerprint density at radius 2 is 2.30 bits per heavy atom. The maximum absolute atomic E-state index is 11.9. The van der Waals surface area contributed by atoms with Crippen molar-refractivity contribution in [3.8, 4) is 0 Å². The highest BCUT2D eigenvalue weighted by molar-refractivity contribution is 7.80.